The first-order valence-corrected chi connectivity index (χ1v) is 7.14. The summed E-state index contributed by atoms with van der Waals surface area (Å²) in [6.07, 6.45) is 0.509. The summed E-state index contributed by atoms with van der Waals surface area (Å²) >= 11 is 0. The Bertz CT molecular complexity index is 340. The van der Waals surface area contributed by atoms with Gasteiger partial charge >= 0.3 is 12.3 Å². The van der Waals surface area contributed by atoms with Crippen molar-refractivity contribution in [2.24, 2.45) is 0 Å². The minimum atomic E-state index is -0.777. The number of ether oxygens (including phenoxy) is 4. The Morgan fingerprint density at radius 3 is 1.90 bits per heavy atom. The summed E-state index contributed by atoms with van der Waals surface area (Å²) in [7, 11) is 0. The van der Waals surface area contributed by atoms with Crippen LogP contribution in [0.4, 0.5) is 9.59 Å². The molecule has 21 heavy (non-hydrogen) atoms. The predicted octanol–water partition coefficient (Wildman–Crippen LogP) is 2.39. The zero-order chi connectivity index (χ0) is 15.9. The van der Waals surface area contributed by atoms with Crippen molar-refractivity contribution >= 4 is 12.3 Å². The van der Waals surface area contributed by atoms with E-state index < -0.39 is 17.9 Å². The molecule has 0 bridgehead atoms. The first-order chi connectivity index (χ1) is 9.80. The molecule has 0 heterocycles. The standard InChI is InChI=1S/C14H24O7/c1-14(2,3)21-13(17)20-11-6-4-10(5-7-11)19-12(16)18-9-8-15/h10-11,15H,4-9H2,1-3H3. The van der Waals surface area contributed by atoms with Crippen LogP contribution >= 0.6 is 0 Å². The molecule has 122 valence electrons. The van der Waals surface area contributed by atoms with Gasteiger partial charge in [0.05, 0.1) is 6.61 Å². The summed E-state index contributed by atoms with van der Waals surface area (Å²) in [6.45, 7) is 5.02. The summed E-state index contributed by atoms with van der Waals surface area (Å²) < 4.78 is 20.0. The zero-order valence-electron chi connectivity index (χ0n) is 12.8. The minimum absolute atomic E-state index is 0.0735. The summed E-state index contributed by atoms with van der Waals surface area (Å²) in [5, 5.41) is 8.53. The molecule has 0 spiro atoms. The first kappa shape index (κ1) is 17.6. The number of hydrogen-bond acceptors (Lipinski definition) is 7. The van der Waals surface area contributed by atoms with Crippen LogP contribution in [0, 0.1) is 0 Å². The fraction of sp³-hybridized carbons (Fsp3) is 0.857. The van der Waals surface area contributed by atoms with Gasteiger partial charge in [0.25, 0.3) is 0 Å². The van der Waals surface area contributed by atoms with Crippen molar-refractivity contribution in [2.75, 3.05) is 13.2 Å². The molecule has 1 aliphatic rings. The van der Waals surface area contributed by atoms with Gasteiger partial charge in [0, 0.05) is 0 Å². The summed E-state index contributed by atoms with van der Waals surface area (Å²) in [4.78, 5) is 22.8. The molecule has 1 N–H and O–H groups in total. The lowest BCUT2D eigenvalue weighted by molar-refractivity contribution is -0.0500. The molecule has 0 unspecified atom stereocenters. The molecule has 0 saturated heterocycles. The number of rotatable bonds is 4. The van der Waals surface area contributed by atoms with E-state index in [2.05, 4.69) is 4.74 Å². The molecule has 7 heteroatoms. The van der Waals surface area contributed by atoms with Gasteiger partial charge in [-0.25, -0.2) is 9.59 Å². The second-order valence-corrected chi connectivity index (χ2v) is 5.92. The van der Waals surface area contributed by atoms with Crippen LogP contribution < -0.4 is 0 Å². The highest BCUT2D eigenvalue weighted by Gasteiger charge is 2.28. The molecule has 1 fully saturated rings. The van der Waals surface area contributed by atoms with Crippen LogP contribution in [0.5, 0.6) is 0 Å². The number of carbonyl (C=O) groups excluding carboxylic acids is 2. The molecule has 1 rings (SSSR count). The lowest BCUT2D eigenvalue weighted by Crippen LogP contribution is -2.32. The SMILES string of the molecule is CC(C)(C)OC(=O)OC1CCC(OC(=O)OCCO)CC1. The van der Waals surface area contributed by atoms with Gasteiger partial charge in [-0.1, -0.05) is 0 Å². The summed E-state index contributed by atoms with van der Waals surface area (Å²) in [6, 6.07) is 0. The van der Waals surface area contributed by atoms with Crippen molar-refractivity contribution in [3.8, 4) is 0 Å². The van der Waals surface area contributed by atoms with E-state index in [0.29, 0.717) is 25.7 Å². The molecule has 0 atom stereocenters. The van der Waals surface area contributed by atoms with Gasteiger partial charge in [0.15, 0.2) is 0 Å². The molecule has 1 saturated carbocycles. The van der Waals surface area contributed by atoms with E-state index in [1.165, 1.54) is 0 Å². The quantitative estimate of drug-likeness (QED) is 0.797. The Morgan fingerprint density at radius 2 is 1.48 bits per heavy atom. The average Bonchev–Trinajstić information content (AvgIpc) is 2.36. The van der Waals surface area contributed by atoms with Crippen molar-refractivity contribution in [2.45, 2.75) is 64.3 Å². The van der Waals surface area contributed by atoms with Crippen LogP contribution in [0.15, 0.2) is 0 Å². The van der Waals surface area contributed by atoms with Crippen LogP contribution in [0.3, 0.4) is 0 Å². The summed E-state index contributed by atoms with van der Waals surface area (Å²) in [5.41, 5.74) is -0.576. The lowest BCUT2D eigenvalue weighted by Gasteiger charge is -2.28. The molecule has 0 aliphatic heterocycles. The molecule has 7 nitrogen and oxygen atoms in total. The fourth-order valence-electron chi connectivity index (χ4n) is 1.98. The van der Waals surface area contributed by atoms with E-state index >= 15 is 0 Å². The van der Waals surface area contributed by atoms with Gasteiger partial charge in [-0.15, -0.1) is 0 Å². The van der Waals surface area contributed by atoms with E-state index in [1.807, 2.05) is 0 Å². The van der Waals surface area contributed by atoms with Crippen molar-refractivity contribution in [1.82, 2.24) is 0 Å². The Hall–Kier alpha value is -1.50. The molecule has 0 aromatic rings. The van der Waals surface area contributed by atoms with Crippen LogP contribution in [-0.4, -0.2) is 48.4 Å². The Morgan fingerprint density at radius 1 is 1.00 bits per heavy atom. The highest BCUT2D eigenvalue weighted by atomic mass is 16.7. The average molecular weight is 304 g/mol. The molecule has 0 amide bonds. The molecule has 0 radical (unpaired) electrons. The molecule has 0 aromatic heterocycles. The molecule has 1 aliphatic carbocycles. The Kier molecular flexibility index (Phi) is 6.74. The van der Waals surface area contributed by atoms with Crippen molar-refractivity contribution in [3.63, 3.8) is 0 Å². The maximum atomic E-state index is 11.5. The maximum Gasteiger partial charge on any atom is 0.509 e. The van der Waals surface area contributed by atoms with E-state index in [1.54, 1.807) is 20.8 Å². The van der Waals surface area contributed by atoms with Crippen LogP contribution in [-0.2, 0) is 18.9 Å². The molecular formula is C14H24O7. The smallest absolute Gasteiger partial charge is 0.432 e. The van der Waals surface area contributed by atoms with Crippen molar-refractivity contribution in [1.29, 1.82) is 0 Å². The largest absolute Gasteiger partial charge is 0.509 e. The number of aliphatic hydroxyl groups is 1. The van der Waals surface area contributed by atoms with Crippen LogP contribution in [0.2, 0.25) is 0 Å². The van der Waals surface area contributed by atoms with Gasteiger partial charge in [0.1, 0.15) is 24.4 Å². The highest BCUT2D eigenvalue weighted by Crippen LogP contribution is 2.24. The molecule has 0 aromatic carbocycles. The topological polar surface area (TPSA) is 91.3 Å². The van der Waals surface area contributed by atoms with Gasteiger partial charge in [-0.05, 0) is 46.5 Å². The third kappa shape index (κ3) is 7.75. The van der Waals surface area contributed by atoms with Crippen molar-refractivity contribution in [3.05, 3.63) is 0 Å². The zero-order valence-corrected chi connectivity index (χ0v) is 12.8. The minimum Gasteiger partial charge on any atom is -0.432 e. The van der Waals surface area contributed by atoms with Gasteiger partial charge in [0.2, 0.25) is 0 Å². The van der Waals surface area contributed by atoms with Crippen molar-refractivity contribution < 1.29 is 33.6 Å². The third-order valence-corrected chi connectivity index (χ3v) is 2.85. The van der Waals surface area contributed by atoms with Gasteiger partial charge in [-0.3, -0.25) is 0 Å². The van der Waals surface area contributed by atoms with Gasteiger partial charge in [-0.2, -0.15) is 0 Å². The van der Waals surface area contributed by atoms with Crippen LogP contribution in [0.1, 0.15) is 46.5 Å². The van der Waals surface area contributed by atoms with Gasteiger partial charge < -0.3 is 24.1 Å². The van der Waals surface area contributed by atoms with E-state index in [0.717, 1.165) is 0 Å². The van der Waals surface area contributed by atoms with Crippen LogP contribution in [0.25, 0.3) is 0 Å². The lowest BCUT2D eigenvalue weighted by atomic mass is 9.95. The normalized spacial score (nSPS) is 22.3. The highest BCUT2D eigenvalue weighted by molar-refractivity contribution is 5.61. The third-order valence-electron chi connectivity index (χ3n) is 2.85. The fourth-order valence-corrected chi connectivity index (χ4v) is 1.98. The second-order valence-electron chi connectivity index (χ2n) is 5.92. The maximum absolute atomic E-state index is 11.5. The second kappa shape index (κ2) is 8.07. The number of hydrogen-bond donors (Lipinski definition) is 1. The molecular weight excluding hydrogens is 280 g/mol. The summed E-state index contributed by atoms with van der Waals surface area (Å²) in [5.74, 6) is 0. The Labute approximate surface area is 124 Å². The Balaban J connectivity index is 2.23. The predicted molar refractivity (Wildman–Crippen MR) is 72.9 cm³/mol. The number of aliphatic hydroxyl groups excluding tert-OH is 1. The first-order valence-electron chi connectivity index (χ1n) is 7.14. The van der Waals surface area contributed by atoms with E-state index in [4.69, 9.17) is 19.3 Å². The van der Waals surface area contributed by atoms with E-state index in [-0.39, 0.29) is 25.4 Å². The monoisotopic (exact) mass is 304 g/mol. The van der Waals surface area contributed by atoms with E-state index in [9.17, 15) is 9.59 Å². The number of carbonyl (C=O) groups is 2.